The van der Waals surface area contributed by atoms with Crippen molar-refractivity contribution in [2.45, 2.75) is 0 Å². The molecule has 0 aliphatic carbocycles. The quantitative estimate of drug-likeness (QED) is 0.698. The Morgan fingerprint density at radius 3 is 2.24 bits per heavy atom. The summed E-state index contributed by atoms with van der Waals surface area (Å²) in [5.41, 5.74) is 1.96. The first-order valence-electron chi connectivity index (χ1n) is 6.69. The van der Waals surface area contributed by atoms with E-state index in [-0.39, 0.29) is 0 Å². The Kier molecular flexibility index (Phi) is 3.65. The van der Waals surface area contributed by atoms with Gasteiger partial charge in [0.05, 0.1) is 19.8 Å². The summed E-state index contributed by atoms with van der Waals surface area (Å²) in [6.45, 7) is 0. The smallest absolute Gasteiger partial charge is 0.138 e. The van der Waals surface area contributed by atoms with E-state index in [1.165, 1.54) is 0 Å². The van der Waals surface area contributed by atoms with E-state index in [0.717, 1.165) is 34.1 Å². The van der Waals surface area contributed by atoms with Crippen LogP contribution in [0.4, 0.5) is 0 Å². The van der Waals surface area contributed by atoms with Crippen molar-refractivity contribution in [1.82, 2.24) is 0 Å². The molecule has 0 saturated carbocycles. The van der Waals surface area contributed by atoms with Crippen LogP contribution in [0.5, 0.6) is 11.5 Å². The normalized spacial score (nSPS) is 10.4. The SMILES string of the molecule is COc1ccc(-c2ccc(-c3ccccc3)o2)c(OC)c1. The van der Waals surface area contributed by atoms with Gasteiger partial charge < -0.3 is 13.9 Å². The largest absolute Gasteiger partial charge is 0.497 e. The highest BCUT2D eigenvalue weighted by Crippen LogP contribution is 2.36. The van der Waals surface area contributed by atoms with Crippen molar-refractivity contribution < 1.29 is 13.9 Å². The minimum atomic E-state index is 0.725. The average molecular weight is 280 g/mol. The third kappa shape index (κ3) is 2.63. The predicted molar refractivity (Wildman–Crippen MR) is 82.7 cm³/mol. The predicted octanol–water partition coefficient (Wildman–Crippen LogP) is 4.63. The monoisotopic (exact) mass is 280 g/mol. The maximum atomic E-state index is 5.95. The minimum Gasteiger partial charge on any atom is -0.497 e. The van der Waals surface area contributed by atoms with Gasteiger partial charge in [0.15, 0.2) is 0 Å². The maximum Gasteiger partial charge on any atom is 0.138 e. The number of benzene rings is 2. The zero-order valence-electron chi connectivity index (χ0n) is 12.0. The fourth-order valence-corrected chi connectivity index (χ4v) is 2.24. The van der Waals surface area contributed by atoms with Crippen LogP contribution in [0.1, 0.15) is 0 Å². The van der Waals surface area contributed by atoms with Crippen molar-refractivity contribution in [2.24, 2.45) is 0 Å². The van der Waals surface area contributed by atoms with E-state index in [1.54, 1.807) is 14.2 Å². The molecule has 0 aliphatic rings. The molecule has 0 saturated heterocycles. The second-order valence-electron chi connectivity index (χ2n) is 4.60. The molecule has 106 valence electrons. The molecular formula is C18H16O3. The first kappa shape index (κ1) is 13.3. The third-order valence-corrected chi connectivity index (χ3v) is 3.34. The summed E-state index contributed by atoms with van der Waals surface area (Å²) in [6.07, 6.45) is 0. The van der Waals surface area contributed by atoms with Crippen molar-refractivity contribution in [3.63, 3.8) is 0 Å². The average Bonchev–Trinajstić information content (AvgIpc) is 3.04. The standard InChI is InChI=1S/C18H16O3/c1-19-14-8-9-15(18(12-14)20-2)17-11-10-16(21-17)13-6-4-3-5-7-13/h3-12H,1-2H3. The molecular weight excluding hydrogens is 264 g/mol. The number of ether oxygens (including phenoxy) is 2. The Morgan fingerprint density at radius 1 is 0.762 bits per heavy atom. The zero-order chi connectivity index (χ0) is 14.7. The summed E-state index contributed by atoms with van der Waals surface area (Å²) in [4.78, 5) is 0. The van der Waals surface area contributed by atoms with Crippen LogP contribution in [-0.4, -0.2) is 14.2 Å². The Hall–Kier alpha value is -2.68. The molecule has 0 unspecified atom stereocenters. The molecule has 21 heavy (non-hydrogen) atoms. The van der Waals surface area contributed by atoms with Gasteiger partial charge >= 0.3 is 0 Å². The lowest BCUT2D eigenvalue weighted by atomic mass is 10.1. The van der Waals surface area contributed by atoms with E-state index in [9.17, 15) is 0 Å². The molecule has 0 spiro atoms. The van der Waals surface area contributed by atoms with E-state index in [0.29, 0.717) is 0 Å². The molecule has 3 nitrogen and oxygen atoms in total. The first-order chi connectivity index (χ1) is 10.3. The number of methoxy groups -OCH3 is 2. The van der Waals surface area contributed by atoms with Gasteiger partial charge in [-0.15, -0.1) is 0 Å². The number of hydrogen-bond acceptors (Lipinski definition) is 3. The molecule has 0 fully saturated rings. The van der Waals surface area contributed by atoms with Crippen molar-refractivity contribution in [3.8, 4) is 34.1 Å². The van der Waals surface area contributed by atoms with E-state index < -0.39 is 0 Å². The summed E-state index contributed by atoms with van der Waals surface area (Å²) in [5.74, 6) is 3.09. The lowest BCUT2D eigenvalue weighted by molar-refractivity contribution is 0.394. The highest BCUT2D eigenvalue weighted by atomic mass is 16.5. The molecule has 1 heterocycles. The summed E-state index contributed by atoms with van der Waals surface area (Å²) in [6, 6.07) is 19.6. The van der Waals surface area contributed by atoms with Crippen LogP contribution in [0.2, 0.25) is 0 Å². The molecule has 3 aromatic rings. The van der Waals surface area contributed by atoms with Gasteiger partial charge in [-0.05, 0) is 24.3 Å². The molecule has 0 radical (unpaired) electrons. The summed E-state index contributed by atoms with van der Waals surface area (Å²) in [5, 5.41) is 0. The van der Waals surface area contributed by atoms with Crippen LogP contribution in [-0.2, 0) is 0 Å². The highest BCUT2D eigenvalue weighted by Gasteiger charge is 2.12. The van der Waals surface area contributed by atoms with Crippen LogP contribution in [0.3, 0.4) is 0 Å². The number of furan rings is 1. The van der Waals surface area contributed by atoms with Gasteiger partial charge in [-0.3, -0.25) is 0 Å². The second-order valence-corrected chi connectivity index (χ2v) is 4.60. The highest BCUT2D eigenvalue weighted by molar-refractivity contribution is 5.70. The van der Waals surface area contributed by atoms with Gasteiger partial charge in [0.1, 0.15) is 23.0 Å². The fourth-order valence-electron chi connectivity index (χ4n) is 2.24. The Bertz CT molecular complexity index is 729. The third-order valence-electron chi connectivity index (χ3n) is 3.34. The summed E-state index contributed by atoms with van der Waals surface area (Å²) in [7, 11) is 3.27. The molecule has 3 rings (SSSR count). The van der Waals surface area contributed by atoms with Gasteiger partial charge in [0.2, 0.25) is 0 Å². The molecule has 3 heteroatoms. The van der Waals surface area contributed by atoms with Crippen LogP contribution < -0.4 is 9.47 Å². The molecule has 0 atom stereocenters. The van der Waals surface area contributed by atoms with Crippen molar-refractivity contribution >= 4 is 0 Å². The lowest BCUT2D eigenvalue weighted by Gasteiger charge is -2.08. The van der Waals surface area contributed by atoms with Crippen LogP contribution >= 0.6 is 0 Å². The lowest BCUT2D eigenvalue weighted by Crippen LogP contribution is -1.89. The van der Waals surface area contributed by atoms with Crippen LogP contribution in [0.15, 0.2) is 65.1 Å². The molecule has 0 N–H and O–H groups in total. The van der Waals surface area contributed by atoms with Crippen molar-refractivity contribution in [2.75, 3.05) is 14.2 Å². The number of rotatable bonds is 4. The minimum absolute atomic E-state index is 0.725. The zero-order valence-corrected chi connectivity index (χ0v) is 12.0. The van der Waals surface area contributed by atoms with Gasteiger partial charge in [-0.1, -0.05) is 30.3 Å². The van der Waals surface area contributed by atoms with Gasteiger partial charge in [-0.25, -0.2) is 0 Å². The fraction of sp³-hybridized carbons (Fsp3) is 0.111. The van der Waals surface area contributed by atoms with E-state index in [1.807, 2.05) is 60.7 Å². The van der Waals surface area contributed by atoms with Gasteiger partial charge in [-0.2, -0.15) is 0 Å². The molecule has 0 aliphatic heterocycles. The molecule has 2 aromatic carbocycles. The maximum absolute atomic E-state index is 5.95. The number of hydrogen-bond donors (Lipinski definition) is 0. The van der Waals surface area contributed by atoms with Crippen LogP contribution in [0.25, 0.3) is 22.6 Å². The molecule has 1 aromatic heterocycles. The van der Waals surface area contributed by atoms with Gasteiger partial charge in [0, 0.05) is 11.6 Å². The summed E-state index contributed by atoms with van der Waals surface area (Å²) >= 11 is 0. The van der Waals surface area contributed by atoms with Crippen molar-refractivity contribution in [1.29, 1.82) is 0 Å². The Morgan fingerprint density at radius 2 is 1.52 bits per heavy atom. The summed E-state index contributed by atoms with van der Waals surface area (Å²) < 4.78 is 16.6. The second kappa shape index (κ2) is 5.75. The Balaban J connectivity index is 2.00. The molecule has 0 amide bonds. The Labute approximate surface area is 123 Å². The van der Waals surface area contributed by atoms with E-state index >= 15 is 0 Å². The molecule has 0 bridgehead atoms. The van der Waals surface area contributed by atoms with Crippen molar-refractivity contribution in [3.05, 3.63) is 60.7 Å². The van der Waals surface area contributed by atoms with Crippen LogP contribution in [0, 0.1) is 0 Å². The first-order valence-corrected chi connectivity index (χ1v) is 6.69. The topological polar surface area (TPSA) is 31.6 Å². The van der Waals surface area contributed by atoms with E-state index in [4.69, 9.17) is 13.9 Å². The van der Waals surface area contributed by atoms with Gasteiger partial charge in [0.25, 0.3) is 0 Å². The van der Waals surface area contributed by atoms with E-state index in [2.05, 4.69) is 0 Å².